The van der Waals surface area contributed by atoms with Gasteiger partial charge in [-0.2, -0.15) is 0 Å². The first-order valence-corrected chi connectivity index (χ1v) is 33.2. The normalized spacial score (nSPS) is 3.98. The van der Waals surface area contributed by atoms with E-state index in [4.69, 9.17) is 0 Å². The highest BCUT2D eigenvalue weighted by Gasteiger charge is 1.70. The highest BCUT2D eigenvalue weighted by Crippen LogP contribution is 1.70. The van der Waals surface area contributed by atoms with Crippen LogP contribution in [0.1, 0.15) is 13.8 Å². The van der Waals surface area contributed by atoms with Gasteiger partial charge in [-0.1, -0.05) is 11.8 Å². The van der Waals surface area contributed by atoms with Crippen LogP contribution in [-0.2, 0) is 0 Å². The van der Waals surface area contributed by atoms with Gasteiger partial charge < -0.3 is 0 Å². The maximum atomic E-state index is 2.63. The first kappa shape index (κ1) is 103. The standard InChI is InChI=1S/C132H6/c1-3-5-7-9-11-13-15-17-19-21-23-25-27-29-31-33-35-37-39-41-43-45-47-49-51-53-55-57-59-61-63-65-67-69-71-73-75-77-79-81-83-85-87-89-91-93-95-97-99-101-103-105-107-109-111-113-115-117-119-121-123-125-127-129-131-132-130-128-126-124-122-120-118-116-114-112-110-108-106-104-102-100-98-96-94-92-90-88-86-84-82-80-78-76-74-72-70-68-66-64-62-60-58-56-54-52-50-48-46-44-42-40-38-36-34-32-30-28-26-24-22-20-18-16-14-12-10-8-6-4-2/h1-2H3. The molecule has 0 radical (unpaired) electrons. The van der Waals surface area contributed by atoms with Crippen LogP contribution in [0.25, 0.3) is 0 Å². The van der Waals surface area contributed by atoms with Crippen molar-refractivity contribution in [3.8, 4) is 770 Å². The molecule has 0 amide bonds. The molecule has 0 aliphatic carbocycles. The molecule has 0 aromatic carbocycles. The molecular weight excluding hydrogens is 1590 g/mol. The predicted octanol–water partition coefficient (Wildman–Crippen LogP) is 1.25. The van der Waals surface area contributed by atoms with Gasteiger partial charge in [-0.25, -0.2) is 0 Å². The Morgan fingerprint density at radius 1 is 0.0379 bits per heavy atom. The van der Waals surface area contributed by atoms with Gasteiger partial charge in [0.15, 0.2) is 0 Å². The van der Waals surface area contributed by atoms with Crippen LogP contribution >= 0.6 is 0 Å². The van der Waals surface area contributed by atoms with Gasteiger partial charge in [0.1, 0.15) is 0 Å². The van der Waals surface area contributed by atoms with E-state index >= 15 is 0 Å². The summed E-state index contributed by atoms with van der Waals surface area (Å²) in [7, 11) is 0. The molecule has 0 heterocycles. The molecule has 0 spiro atoms. The predicted molar refractivity (Wildman–Crippen MR) is 517 cm³/mol. The summed E-state index contributed by atoms with van der Waals surface area (Å²) < 4.78 is 0. The molecule has 0 saturated carbocycles. The van der Waals surface area contributed by atoms with Crippen molar-refractivity contribution in [1.29, 1.82) is 0 Å². The molecule has 0 heteroatoms. The quantitative estimate of drug-likeness (QED) is 0.321. The highest BCUT2D eigenvalue weighted by atomic mass is 13.7. The monoisotopic (exact) mass is 1590 g/mol. The molecule has 0 saturated heterocycles. The van der Waals surface area contributed by atoms with Crippen LogP contribution in [-0.4, -0.2) is 0 Å². The van der Waals surface area contributed by atoms with Gasteiger partial charge in [-0.15, -0.1) is 0 Å². The smallest absolute Gasteiger partial charge is 0 e. The van der Waals surface area contributed by atoms with Crippen LogP contribution in [0.5, 0.6) is 0 Å². The molecule has 0 N–H and O–H groups in total. The molecule has 0 aliphatic rings. The second-order valence-electron chi connectivity index (χ2n) is 16.5. The van der Waals surface area contributed by atoms with E-state index < -0.39 is 0 Å². The Morgan fingerprint density at radius 3 is 0.0833 bits per heavy atom. The molecular formula is C132H6. The molecule has 0 bridgehead atoms. The molecule has 0 aliphatic heterocycles. The molecule has 534 valence electrons. The van der Waals surface area contributed by atoms with E-state index in [-0.39, 0.29) is 0 Å². The fourth-order valence-corrected chi connectivity index (χ4v) is 4.06. The van der Waals surface area contributed by atoms with Crippen molar-refractivity contribution < 1.29 is 0 Å². The van der Waals surface area contributed by atoms with Crippen molar-refractivity contribution in [3.05, 3.63) is 0 Å². The maximum absolute atomic E-state index is 2.63. The first-order chi connectivity index (χ1) is 65.9. The van der Waals surface area contributed by atoms with Crippen molar-refractivity contribution in [2.75, 3.05) is 0 Å². The molecule has 0 unspecified atom stereocenters. The SMILES string of the molecule is CC#CC#CC#CC#CC#CC#CC#CC#CC#CC#CC#CC#CC#CC#CC#CC#CC#CC#CC#CC#CC#CC#CC#CC#CC#CC#CC#CC#CC#CC#CC#CC#CC#CC#CC#CC#CC#CC#CC#CC#CC#CC#CC#CC#CC#CC#CC#CC#CC#CC#CC#CC#CC#CC#CC#CC#CC#CC#CC#CC#CC#CC#CC#CC#CC#CC. The van der Waals surface area contributed by atoms with Crippen LogP contribution < -0.4 is 0 Å². The second-order valence-corrected chi connectivity index (χ2v) is 16.5. The van der Waals surface area contributed by atoms with Crippen molar-refractivity contribution in [2.45, 2.75) is 13.8 Å². The molecule has 0 aromatic heterocycles. The van der Waals surface area contributed by atoms with Gasteiger partial charge in [0.25, 0.3) is 0 Å². The third-order valence-corrected chi connectivity index (χ3v) is 8.19. The summed E-state index contributed by atoms with van der Waals surface area (Å²) in [4.78, 5) is 0. The van der Waals surface area contributed by atoms with Crippen molar-refractivity contribution >= 4 is 0 Å². The number of hydrogen-bond acceptors (Lipinski definition) is 0. The maximum Gasteiger partial charge on any atom is 0 e. The van der Waals surface area contributed by atoms with Gasteiger partial charge in [-0.3, -0.25) is 0 Å². The summed E-state index contributed by atoms with van der Waals surface area (Å²) >= 11 is 0. The lowest BCUT2D eigenvalue weighted by molar-refractivity contribution is 1.92. The van der Waals surface area contributed by atoms with Crippen LogP contribution in [0.4, 0.5) is 0 Å². The summed E-state index contributed by atoms with van der Waals surface area (Å²) in [6.07, 6.45) is 0. The van der Waals surface area contributed by atoms with Crippen LogP contribution in [0.3, 0.4) is 0 Å². The van der Waals surface area contributed by atoms with Crippen LogP contribution in [0, 0.1) is 770 Å². The zero-order valence-electron chi connectivity index (χ0n) is 67.0. The Balaban J connectivity index is 4.65. The Morgan fingerprint density at radius 2 is 0.0606 bits per heavy atom. The van der Waals surface area contributed by atoms with E-state index in [1.807, 2.05) is 0 Å². The highest BCUT2D eigenvalue weighted by molar-refractivity contribution is 5.59. The third-order valence-electron chi connectivity index (χ3n) is 8.19. The number of rotatable bonds is 0. The largest absolute Gasteiger partial charge is 0.0925 e. The summed E-state index contributed by atoms with van der Waals surface area (Å²) in [6.45, 7) is 3.36. The molecule has 0 aromatic rings. The van der Waals surface area contributed by atoms with Gasteiger partial charge >= 0.3 is 0 Å². The average Bonchev–Trinajstić information content (AvgIpc) is 1.11. The molecule has 0 atom stereocenters. The van der Waals surface area contributed by atoms with E-state index in [9.17, 15) is 0 Å². The van der Waals surface area contributed by atoms with Gasteiger partial charge in [0.05, 0.1) is 0 Å². The third kappa shape index (κ3) is 101. The van der Waals surface area contributed by atoms with Gasteiger partial charge in [0, 0.05) is 663 Å². The minimum absolute atomic E-state index is 1.68. The fourth-order valence-electron chi connectivity index (χ4n) is 4.06. The summed E-state index contributed by atoms with van der Waals surface area (Å²) in [6, 6.07) is 0. The average molecular weight is 1590 g/mol. The molecule has 132 heavy (non-hydrogen) atoms. The zero-order valence-corrected chi connectivity index (χ0v) is 67.0. The topological polar surface area (TPSA) is 0 Å². The molecule has 0 rings (SSSR count). The summed E-state index contributed by atoms with van der Waals surface area (Å²) in [5.41, 5.74) is 0. The lowest BCUT2D eigenvalue weighted by Crippen LogP contribution is -1.57. The summed E-state index contributed by atoms with van der Waals surface area (Å²) in [5, 5.41) is 0. The Kier molecular flexibility index (Phi) is 80.2. The van der Waals surface area contributed by atoms with Crippen LogP contribution in [0.2, 0.25) is 0 Å². The van der Waals surface area contributed by atoms with Gasteiger partial charge in [0.2, 0.25) is 0 Å². The molecule has 0 fully saturated rings. The Hall–Kier alpha value is -28.6. The molecule has 0 nitrogen and oxygen atoms in total. The van der Waals surface area contributed by atoms with Crippen LogP contribution in [0.15, 0.2) is 0 Å². The van der Waals surface area contributed by atoms with Gasteiger partial charge in [-0.05, 0) is 109 Å². The fraction of sp³-hybridized carbons (Fsp3) is 0.0152. The van der Waals surface area contributed by atoms with E-state index in [2.05, 4.69) is 770 Å². The number of hydrogen-bond donors (Lipinski definition) is 0. The lowest BCUT2D eigenvalue weighted by Gasteiger charge is -1.58. The zero-order chi connectivity index (χ0) is 93.9. The van der Waals surface area contributed by atoms with Crippen molar-refractivity contribution in [2.24, 2.45) is 0 Å². The second kappa shape index (κ2) is 102. The van der Waals surface area contributed by atoms with E-state index in [0.29, 0.717) is 0 Å². The van der Waals surface area contributed by atoms with Crippen molar-refractivity contribution in [3.63, 3.8) is 0 Å². The first-order valence-electron chi connectivity index (χ1n) is 33.2. The minimum Gasteiger partial charge on any atom is -0.0925 e. The Labute approximate surface area is 777 Å². The lowest BCUT2D eigenvalue weighted by atomic mass is 10.4. The van der Waals surface area contributed by atoms with Crippen molar-refractivity contribution in [1.82, 2.24) is 0 Å². The summed E-state index contributed by atoms with van der Waals surface area (Å²) in [5.74, 6) is 326. The van der Waals surface area contributed by atoms with E-state index in [1.165, 1.54) is 0 Å². The van der Waals surface area contributed by atoms with E-state index in [0.717, 1.165) is 0 Å². The minimum atomic E-state index is 1.68. The Bertz CT molecular complexity index is 8700. The van der Waals surface area contributed by atoms with E-state index in [1.54, 1.807) is 13.8 Å².